The summed E-state index contributed by atoms with van der Waals surface area (Å²) in [4.78, 5) is 19.4. The van der Waals surface area contributed by atoms with Gasteiger partial charge in [0.2, 0.25) is 5.91 Å². The van der Waals surface area contributed by atoms with Gasteiger partial charge in [-0.1, -0.05) is 29.3 Å². The first-order valence-corrected chi connectivity index (χ1v) is 13.5. The van der Waals surface area contributed by atoms with E-state index in [-0.39, 0.29) is 33.6 Å². The van der Waals surface area contributed by atoms with Crippen molar-refractivity contribution in [1.82, 2.24) is 9.80 Å². The number of hydrogen-bond acceptors (Lipinski definition) is 5. The van der Waals surface area contributed by atoms with Crippen molar-refractivity contribution in [3.8, 4) is 0 Å². The van der Waals surface area contributed by atoms with E-state index in [4.69, 9.17) is 11.6 Å². The largest absolute Gasteiger partial charge is 0.446 e. The first-order valence-electron chi connectivity index (χ1n) is 12.3. The van der Waals surface area contributed by atoms with E-state index in [0.717, 1.165) is 45.6 Å². The smallest absolute Gasteiger partial charge is 0.382 e. The molecule has 196 valence electrons. The predicted molar refractivity (Wildman–Crippen MR) is 141 cm³/mol. The minimum atomic E-state index is -4.39. The summed E-state index contributed by atoms with van der Waals surface area (Å²) in [6.45, 7) is 7.97. The SMILES string of the molecule is Cc1ccc(N2CCN(CCC(=O)N3CCC(Nc4ccc(Cl)c(SC(F)(F)F)c4)CC3)CC2)cc1. The van der Waals surface area contributed by atoms with Crippen molar-refractivity contribution in [2.45, 2.75) is 42.6 Å². The topological polar surface area (TPSA) is 38.8 Å². The second-order valence-electron chi connectivity index (χ2n) is 9.41. The molecule has 4 rings (SSSR count). The zero-order chi connectivity index (χ0) is 25.7. The van der Waals surface area contributed by atoms with Crippen LogP contribution in [0, 0.1) is 6.92 Å². The Morgan fingerprint density at radius 3 is 2.33 bits per heavy atom. The van der Waals surface area contributed by atoms with Crippen LogP contribution in [0.15, 0.2) is 47.4 Å². The molecule has 1 N–H and O–H groups in total. The Morgan fingerprint density at radius 1 is 1.03 bits per heavy atom. The summed E-state index contributed by atoms with van der Waals surface area (Å²) in [7, 11) is 0. The summed E-state index contributed by atoms with van der Waals surface area (Å²) >= 11 is 5.72. The quantitative estimate of drug-likeness (QED) is 0.444. The van der Waals surface area contributed by atoms with Crippen molar-refractivity contribution in [1.29, 1.82) is 0 Å². The number of piperidine rings is 1. The van der Waals surface area contributed by atoms with Gasteiger partial charge in [0.15, 0.2) is 0 Å². The van der Waals surface area contributed by atoms with E-state index >= 15 is 0 Å². The summed E-state index contributed by atoms with van der Waals surface area (Å²) in [5, 5.41) is 3.39. The zero-order valence-electron chi connectivity index (χ0n) is 20.4. The molecule has 2 heterocycles. The standard InChI is InChI=1S/C26H32ClF3N4OS/c1-19-2-5-22(6-3-19)33-16-14-32(15-17-33)11-10-25(35)34-12-8-20(9-13-34)31-21-4-7-23(27)24(18-21)36-26(28,29)30/h2-7,18,20,31H,8-17H2,1H3. The maximum atomic E-state index is 12.8. The van der Waals surface area contributed by atoms with Crippen LogP contribution in [-0.4, -0.2) is 73.1 Å². The van der Waals surface area contributed by atoms with E-state index < -0.39 is 5.51 Å². The summed E-state index contributed by atoms with van der Waals surface area (Å²) < 4.78 is 38.3. The van der Waals surface area contributed by atoms with Crippen molar-refractivity contribution in [3.05, 3.63) is 53.1 Å². The molecular weight excluding hydrogens is 509 g/mol. The van der Waals surface area contributed by atoms with E-state index in [0.29, 0.717) is 25.2 Å². The monoisotopic (exact) mass is 540 g/mol. The maximum absolute atomic E-state index is 12.8. The molecule has 2 aliphatic heterocycles. The average Bonchev–Trinajstić information content (AvgIpc) is 2.85. The number of hydrogen-bond donors (Lipinski definition) is 1. The molecule has 0 atom stereocenters. The van der Waals surface area contributed by atoms with Gasteiger partial charge in [-0.3, -0.25) is 9.69 Å². The third-order valence-electron chi connectivity index (χ3n) is 6.79. The molecule has 10 heteroatoms. The van der Waals surface area contributed by atoms with Crippen LogP contribution in [0.2, 0.25) is 5.02 Å². The molecule has 0 radical (unpaired) electrons. The number of aryl methyl sites for hydroxylation is 1. The number of alkyl halides is 3. The van der Waals surface area contributed by atoms with Gasteiger partial charge in [0.05, 0.1) is 5.02 Å². The van der Waals surface area contributed by atoms with E-state index in [9.17, 15) is 18.0 Å². The molecule has 1 amide bonds. The fourth-order valence-electron chi connectivity index (χ4n) is 4.70. The number of nitrogens with one attached hydrogen (secondary N) is 1. The number of amides is 1. The van der Waals surface area contributed by atoms with Gasteiger partial charge in [-0.25, -0.2) is 0 Å². The number of likely N-dealkylation sites (tertiary alicyclic amines) is 1. The van der Waals surface area contributed by atoms with Gasteiger partial charge in [-0.15, -0.1) is 0 Å². The minimum absolute atomic E-state index is 0.0125. The lowest BCUT2D eigenvalue weighted by Gasteiger charge is -2.37. The number of anilines is 2. The predicted octanol–water partition coefficient (Wildman–Crippen LogP) is 5.88. The molecule has 2 aliphatic rings. The van der Waals surface area contributed by atoms with Crippen LogP contribution in [0.5, 0.6) is 0 Å². The third kappa shape index (κ3) is 7.70. The van der Waals surface area contributed by atoms with Crippen LogP contribution in [0.4, 0.5) is 24.5 Å². The Labute approximate surface area is 219 Å². The van der Waals surface area contributed by atoms with Crippen LogP contribution in [0.1, 0.15) is 24.8 Å². The van der Waals surface area contributed by atoms with Crippen molar-refractivity contribution in [2.24, 2.45) is 0 Å². The van der Waals surface area contributed by atoms with Gasteiger partial charge in [-0.05, 0) is 61.9 Å². The van der Waals surface area contributed by atoms with Crippen molar-refractivity contribution in [3.63, 3.8) is 0 Å². The Bertz CT molecular complexity index is 1020. The first kappa shape index (κ1) is 26.9. The molecule has 5 nitrogen and oxygen atoms in total. The summed E-state index contributed by atoms with van der Waals surface area (Å²) in [6, 6.07) is 13.3. The molecule has 2 saturated heterocycles. The maximum Gasteiger partial charge on any atom is 0.446 e. The first-order chi connectivity index (χ1) is 17.2. The van der Waals surface area contributed by atoms with Crippen molar-refractivity contribution >= 4 is 40.6 Å². The van der Waals surface area contributed by atoms with Gasteiger partial charge < -0.3 is 15.1 Å². The molecule has 2 aromatic rings. The van der Waals surface area contributed by atoms with Crippen molar-refractivity contribution in [2.75, 3.05) is 56.0 Å². The minimum Gasteiger partial charge on any atom is -0.382 e. The van der Waals surface area contributed by atoms with Gasteiger partial charge >= 0.3 is 5.51 Å². The number of nitrogens with zero attached hydrogens (tertiary/aromatic N) is 3. The molecule has 0 aromatic heterocycles. The number of carbonyl (C=O) groups excluding carboxylic acids is 1. The molecule has 0 spiro atoms. The molecule has 2 fully saturated rings. The highest BCUT2D eigenvalue weighted by molar-refractivity contribution is 8.00. The average molecular weight is 541 g/mol. The lowest BCUT2D eigenvalue weighted by Crippen LogP contribution is -2.48. The van der Waals surface area contributed by atoms with Gasteiger partial charge in [0.1, 0.15) is 0 Å². The van der Waals surface area contributed by atoms with E-state index in [1.54, 1.807) is 6.07 Å². The van der Waals surface area contributed by atoms with Crippen LogP contribution >= 0.6 is 23.4 Å². The fraction of sp³-hybridized carbons (Fsp3) is 0.500. The van der Waals surface area contributed by atoms with E-state index in [1.807, 2.05) is 4.90 Å². The number of rotatable bonds is 7. The molecule has 2 aromatic carbocycles. The second-order valence-corrected chi connectivity index (χ2v) is 10.9. The number of piperazine rings is 1. The Morgan fingerprint density at radius 2 is 1.69 bits per heavy atom. The van der Waals surface area contributed by atoms with Crippen LogP contribution in [0.25, 0.3) is 0 Å². The third-order valence-corrected chi connectivity index (χ3v) is 8.02. The van der Waals surface area contributed by atoms with Crippen molar-refractivity contribution < 1.29 is 18.0 Å². The van der Waals surface area contributed by atoms with E-state index in [1.165, 1.54) is 23.4 Å². The lowest BCUT2D eigenvalue weighted by molar-refractivity contribution is -0.132. The Kier molecular flexibility index (Phi) is 8.96. The molecule has 0 aliphatic carbocycles. The van der Waals surface area contributed by atoms with Gasteiger partial charge in [0, 0.05) is 74.5 Å². The number of thioether (sulfide) groups is 1. The van der Waals surface area contributed by atoms with E-state index in [2.05, 4.69) is 46.3 Å². The second kappa shape index (κ2) is 12.0. The molecular formula is C26H32ClF3N4OS. The fourth-order valence-corrected chi connectivity index (χ4v) is 5.54. The summed E-state index contributed by atoms with van der Waals surface area (Å²) in [5.41, 5.74) is -1.26. The highest BCUT2D eigenvalue weighted by Gasteiger charge is 2.31. The molecule has 0 unspecified atom stereocenters. The van der Waals surface area contributed by atoms with Gasteiger partial charge in [0.25, 0.3) is 0 Å². The lowest BCUT2D eigenvalue weighted by atomic mass is 10.0. The number of benzene rings is 2. The molecule has 0 saturated carbocycles. The van der Waals surface area contributed by atoms with Gasteiger partial charge in [-0.2, -0.15) is 13.2 Å². The van der Waals surface area contributed by atoms with Crippen LogP contribution < -0.4 is 10.2 Å². The highest BCUT2D eigenvalue weighted by Crippen LogP contribution is 2.41. The highest BCUT2D eigenvalue weighted by atomic mass is 35.5. The number of carbonyl (C=O) groups is 1. The van der Waals surface area contributed by atoms with Crippen LogP contribution in [-0.2, 0) is 4.79 Å². The van der Waals surface area contributed by atoms with Crippen LogP contribution in [0.3, 0.4) is 0 Å². The summed E-state index contributed by atoms with van der Waals surface area (Å²) in [5.74, 6) is 0.171. The molecule has 36 heavy (non-hydrogen) atoms. The normalized spacial score (nSPS) is 17.9. The molecule has 0 bridgehead atoms. The Hall–Kier alpha value is -2.10. The number of halogens is 4. The Balaban J connectivity index is 1.17. The zero-order valence-corrected chi connectivity index (χ0v) is 21.9. The summed E-state index contributed by atoms with van der Waals surface area (Å²) in [6.07, 6.45) is 2.02.